The molecule has 0 saturated carbocycles. The predicted octanol–water partition coefficient (Wildman–Crippen LogP) is 4.34. The summed E-state index contributed by atoms with van der Waals surface area (Å²) in [5.41, 5.74) is 3.49. The van der Waals surface area contributed by atoms with Gasteiger partial charge >= 0.3 is 0 Å². The number of aliphatic hydroxyl groups excluding tert-OH is 1. The maximum absolute atomic E-state index is 10.2. The third kappa shape index (κ3) is 2.15. The van der Waals surface area contributed by atoms with Crippen molar-refractivity contribution in [2.24, 2.45) is 0 Å². The number of benzene rings is 1. The lowest BCUT2D eigenvalue weighted by Gasteiger charge is -2.23. The molecule has 0 aliphatic heterocycles. The summed E-state index contributed by atoms with van der Waals surface area (Å²) in [5, 5.41) is 11.3. The van der Waals surface area contributed by atoms with Gasteiger partial charge in [0.25, 0.3) is 0 Å². The van der Waals surface area contributed by atoms with Gasteiger partial charge in [-0.2, -0.15) is 0 Å². The van der Waals surface area contributed by atoms with Gasteiger partial charge in [0.1, 0.15) is 16.9 Å². The van der Waals surface area contributed by atoms with Crippen molar-refractivity contribution in [1.29, 1.82) is 0 Å². The molecule has 0 amide bonds. The van der Waals surface area contributed by atoms with Crippen LogP contribution < -0.4 is 4.74 Å². The van der Waals surface area contributed by atoms with Gasteiger partial charge in [-0.3, -0.25) is 0 Å². The predicted molar refractivity (Wildman–Crippen MR) is 93.9 cm³/mol. The van der Waals surface area contributed by atoms with E-state index in [2.05, 4.69) is 9.97 Å². The highest BCUT2D eigenvalue weighted by molar-refractivity contribution is 7.18. The zero-order chi connectivity index (χ0) is 16.1. The minimum atomic E-state index is -0.381. The zero-order valence-corrected chi connectivity index (χ0v) is 14.1. The zero-order valence-electron chi connectivity index (χ0n) is 13.3. The van der Waals surface area contributed by atoms with Crippen molar-refractivity contribution in [3.05, 3.63) is 46.1 Å². The SMILES string of the molecule is O[C@@H]1CCCc2c(Oc3ncnc4sc5c(c34)CCC5)cccc21. The number of hydrogen-bond donors (Lipinski definition) is 1. The third-order valence-corrected chi connectivity index (χ3v) is 6.31. The quantitative estimate of drug-likeness (QED) is 0.755. The first-order chi connectivity index (χ1) is 11.8. The smallest absolute Gasteiger partial charge is 0.231 e. The third-order valence-electron chi connectivity index (χ3n) is 5.11. The van der Waals surface area contributed by atoms with Gasteiger partial charge in [-0.25, -0.2) is 9.97 Å². The van der Waals surface area contributed by atoms with Crippen molar-refractivity contribution >= 4 is 21.6 Å². The summed E-state index contributed by atoms with van der Waals surface area (Å²) in [5.74, 6) is 1.48. The largest absolute Gasteiger partial charge is 0.438 e. The Morgan fingerprint density at radius 3 is 2.96 bits per heavy atom. The lowest BCUT2D eigenvalue weighted by atomic mass is 9.89. The van der Waals surface area contributed by atoms with E-state index in [1.54, 1.807) is 17.7 Å². The lowest BCUT2D eigenvalue weighted by molar-refractivity contribution is 0.156. The summed E-state index contributed by atoms with van der Waals surface area (Å²) in [4.78, 5) is 11.3. The maximum atomic E-state index is 10.2. The van der Waals surface area contributed by atoms with Crippen molar-refractivity contribution in [2.45, 2.75) is 44.6 Å². The van der Waals surface area contributed by atoms with E-state index in [9.17, 15) is 5.11 Å². The maximum Gasteiger partial charge on any atom is 0.231 e. The molecule has 1 aromatic carbocycles. The molecule has 0 saturated heterocycles. The van der Waals surface area contributed by atoms with Gasteiger partial charge in [-0.1, -0.05) is 12.1 Å². The normalized spacial score (nSPS) is 19.3. The number of aliphatic hydroxyl groups is 1. The van der Waals surface area contributed by atoms with Crippen molar-refractivity contribution in [2.75, 3.05) is 0 Å². The van der Waals surface area contributed by atoms with Crippen LogP contribution in [0.25, 0.3) is 10.2 Å². The van der Waals surface area contributed by atoms with Gasteiger partial charge in [0.05, 0.1) is 11.5 Å². The number of ether oxygens (including phenoxy) is 1. The molecule has 4 nitrogen and oxygen atoms in total. The van der Waals surface area contributed by atoms with E-state index in [0.29, 0.717) is 5.88 Å². The Hall–Kier alpha value is -1.98. The van der Waals surface area contributed by atoms with Crippen LogP contribution in [0.4, 0.5) is 0 Å². The molecule has 5 heteroatoms. The number of thiophene rings is 1. The highest BCUT2D eigenvalue weighted by Gasteiger charge is 2.24. The van der Waals surface area contributed by atoms with Crippen LogP contribution in [0.2, 0.25) is 0 Å². The topological polar surface area (TPSA) is 55.2 Å². The van der Waals surface area contributed by atoms with Crippen molar-refractivity contribution in [3.63, 3.8) is 0 Å². The van der Waals surface area contributed by atoms with Crippen LogP contribution in [-0.4, -0.2) is 15.1 Å². The van der Waals surface area contributed by atoms with Gasteiger partial charge in [0, 0.05) is 10.4 Å². The molecule has 0 bridgehead atoms. The number of rotatable bonds is 2. The van der Waals surface area contributed by atoms with E-state index in [-0.39, 0.29) is 6.10 Å². The molecule has 0 radical (unpaired) electrons. The first kappa shape index (κ1) is 14.4. The van der Waals surface area contributed by atoms with Crippen LogP contribution in [-0.2, 0) is 19.3 Å². The molecule has 24 heavy (non-hydrogen) atoms. The first-order valence-electron chi connectivity index (χ1n) is 8.54. The lowest BCUT2D eigenvalue weighted by Crippen LogP contribution is -2.10. The standard InChI is InChI=1S/C19H18N2O2S/c22-14-7-1-5-12-11(14)4-2-8-15(12)23-18-17-13-6-3-9-16(13)24-19(17)21-10-20-18/h2,4,8,10,14,22H,1,3,5-7,9H2/t14-/m1/s1. The number of hydrogen-bond acceptors (Lipinski definition) is 5. The molecule has 1 N–H and O–H groups in total. The molecule has 2 heterocycles. The highest BCUT2D eigenvalue weighted by atomic mass is 32.1. The van der Waals surface area contributed by atoms with Crippen molar-refractivity contribution in [1.82, 2.24) is 9.97 Å². The molecule has 1 atom stereocenters. The molecule has 2 aliphatic rings. The molecule has 5 rings (SSSR count). The number of nitrogens with zero attached hydrogens (tertiary/aromatic N) is 2. The molecule has 0 spiro atoms. The molecule has 2 aromatic heterocycles. The minimum absolute atomic E-state index is 0.381. The molecule has 2 aliphatic carbocycles. The summed E-state index contributed by atoms with van der Waals surface area (Å²) in [7, 11) is 0. The van der Waals surface area contributed by atoms with E-state index in [1.165, 1.54) is 16.9 Å². The van der Waals surface area contributed by atoms with E-state index >= 15 is 0 Å². The van der Waals surface area contributed by atoms with Gasteiger partial charge in [-0.05, 0) is 55.7 Å². The van der Waals surface area contributed by atoms with Crippen LogP contribution in [0.1, 0.15) is 46.9 Å². The highest BCUT2D eigenvalue weighted by Crippen LogP contribution is 2.42. The Bertz CT molecular complexity index is 935. The second-order valence-electron chi connectivity index (χ2n) is 6.55. The summed E-state index contributed by atoms with van der Waals surface area (Å²) in [6.07, 6.45) is 7.40. The Labute approximate surface area is 144 Å². The van der Waals surface area contributed by atoms with Crippen LogP contribution in [0.15, 0.2) is 24.5 Å². The van der Waals surface area contributed by atoms with E-state index < -0.39 is 0 Å². The van der Waals surface area contributed by atoms with Crippen LogP contribution in [0, 0.1) is 0 Å². The molecule has 3 aromatic rings. The fourth-order valence-electron chi connectivity index (χ4n) is 3.97. The Kier molecular flexibility index (Phi) is 3.31. The van der Waals surface area contributed by atoms with Crippen LogP contribution in [0.3, 0.4) is 0 Å². The molecular formula is C19H18N2O2S. The monoisotopic (exact) mass is 338 g/mol. The van der Waals surface area contributed by atoms with Crippen LogP contribution in [0.5, 0.6) is 11.6 Å². The second kappa shape index (κ2) is 5.53. The van der Waals surface area contributed by atoms with E-state index in [1.807, 2.05) is 18.2 Å². The number of aromatic nitrogens is 2. The van der Waals surface area contributed by atoms with Crippen molar-refractivity contribution < 1.29 is 9.84 Å². The van der Waals surface area contributed by atoms with E-state index in [4.69, 9.17) is 4.74 Å². The minimum Gasteiger partial charge on any atom is -0.438 e. The number of aryl methyl sites for hydroxylation is 2. The second-order valence-corrected chi connectivity index (χ2v) is 7.63. The summed E-state index contributed by atoms with van der Waals surface area (Å²) >= 11 is 1.77. The van der Waals surface area contributed by atoms with Gasteiger partial charge in [-0.15, -0.1) is 11.3 Å². The molecule has 0 fully saturated rings. The Morgan fingerprint density at radius 1 is 1.08 bits per heavy atom. The van der Waals surface area contributed by atoms with Crippen LogP contribution >= 0.6 is 11.3 Å². The Balaban J connectivity index is 1.62. The molecule has 0 unspecified atom stereocenters. The molecule has 122 valence electrons. The summed E-state index contributed by atoms with van der Waals surface area (Å²) in [6.45, 7) is 0. The average Bonchev–Trinajstić information content (AvgIpc) is 3.17. The van der Waals surface area contributed by atoms with Gasteiger partial charge in [0.2, 0.25) is 5.88 Å². The summed E-state index contributed by atoms with van der Waals surface area (Å²) < 4.78 is 6.27. The average molecular weight is 338 g/mol. The van der Waals surface area contributed by atoms with Gasteiger partial charge in [0.15, 0.2) is 0 Å². The number of fused-ring (bicyclic) bond motifs is 4. The van der Waals surface area contributed by atoms with E-state index in [0.717, 1.165) is 59.2 Å². The Morgan fingerprint density at radius 2 is 2.00 bits per heavy atom. The van der Waals surface area contributed by atoms with Crippen molar-refractivity contribution in [3.8, 4) is 11.6 Å². The summed E-state index contributed by atoms with van der Waals surface area (Å²) in [6, 6.07) is 5.94. The fraction of sp³-hybridized carbons (Fsp3) is 0.368. The first-order valence-corrected chi connectivity index (χ1v) is 9.36. The molecular weight excluding hydrogens is 320 g/mol. The van der Waals surface area contributed by atoms with Gasteiger partial charge < -0.3 is 9.84 Å². The fourth-order valence-corrected chi connectivity index (χ4v) is 5.19.